The second-order valence-electron chi connectivity index (χ2n) is 7.04. The highest BCUT2D eigenvalue weighted by molar-refractivity contribution is 5.91. The van der Waals surface area contributed by atoms with E-state index in [0.29, 0.717) is 12.5 Å². The first-order valence-electron chi connectivity index (χ1n) is 9.24. The molecule has 2 aromatic carbocycles. The van der Waals surface area contributed by atoms with Crippen molar-refractivity contribution in [2.24, 2.45) is 0 Å². The summed E-state index contributed by atoms with van der Waals surface area (Å²) in [6.45, 7) is 0.0692. The van der Waals surface area contributed by atoms with Gasteiger partial charge < -0.3 is 15.5 Å². The number of aliphatic hydroxyl groups is 2. The number of halogens is 1. The Kier molecular flexibility index (Phi) is 6.32. The molecule has 0 bridgehead atoms. The van der Waals surface area contributed by atoms with Gasteiger partial charge in [0.2, 0.25) is 0 Å². The molecule has 2 atom stereocenters. The SMILES string of the molecule is Cl.OCC(O)CNc1cc(C2CCc3ccccc3C2)nc2ccccc12. The molecule has 1 heterocycles. The fourth-order valence-corrected chi connectivity index (χ4v) is 3.79. The van der Waals surface area contributed by atoms with Gasteiger partial charge in [-0.1, -0.05) is 42.5 Å². The maximum Gasteiger partial charge on any atom is 0.0942 e. The second kappa shape index (κ2) is 8.70. The van der Waals surface area contributed by atoms with Crippen LogP contribution in [-0.4, -0.2) is 34.5 Å². The lowest BCUT2D eigenvalue weighted by Gasteiger charge is -2.25. The Hall–Kier alpha value is -2.14. The van der Waals surface area contributed by atoms with Gasteiger partial charge in [0.25, 0.3) is 0 Å². The van der Waals surface area contributed by atoms with Gasteiger partial charge in [-0.05, 0) is 42.5 Å². The van der Waals surface area contributed by atoms with E-state index in [9.17, 15) is 5.11 Å². The van der Waals surface area contributed by atoms with E-state index in [4.69, 9.17) is 10.1 Å². The fraction of sp³-hybridized carbons (Fsp3) is 0.318. The molecule has 27 heavy (non-hydrogen) atoms. The van der Waals surface area contributed by atoms with E-state index in [1.807, 2.05) is 24.3 Å². The van der Waals surface area contributed by atoms with Crippen molar-refractivity contribution in [2.75, 3.05) is 18.5 Å². The highest BCUT2D eigenvalue weighted by Crippen LogP contribution is 2.34. The molecule has 0 spiro atoms. The molecule has 3 aromatic rings. The van der Waals surface area contributed by atoms with Gasteiger partial charge in [0.1, 0.15) is 0 Å². The standard InChI is InChI=1S/C22H24N2O2.ClH/c25-14-18(26)13-23-22-12-21(24-20-8-4-3-7-19(20)22)17-10-9-15-5-1-2-6-16(15)11-17;/h1-8,12,17-18,25-26H,9-11,13-14H2,(H,23,24);1H. The summed E-state index contributed by atoms with van der Waals surface area (Å²) in [4.78, 5) is 4.93. The number of nitrogens with one attached hydrogen (secondary N) is 1. The zero-order valence-corrected chi connectivity index (χ0v) is 16.0. The predicted octanol–water partition coefficient (Wildman–Crippen LogP) is 3.69. The number of nitrogens with zero attached hydrogens (tertiary/aromatic N) is 1. The van der Waals surface area contributed by atoms with E-state index in [-0.39, 0.29) is 19.0 Å². The minimum atomic E-state index is -0.771. The van der Waals surface area contributed by atoms with Gasteiger partial charge in [0, 0.05) is 29.2 Å². The van der Waals surface area contributed by atoms with Gasteiger partial charge in [-0.3, -0.25) is 4.98 Å². The molecule has 142 valence electrons. The zero-order chi connectivity index (χ0) is 17.9. The molecule has 4 nitrogen and oxygen atoms in total. The van der Waals surface area contributed by atoms with Crippen LogP contribution in [0.3, 0.4) is 0 Å². The van der Waals surface area contributed by atoms with E-state index in [1.54, 1.807) is 0 Å². The van der Waals surface area contributed by atoms with Gasteiger partial charge in [0.15, 0.2) is 0 Å². The van der Waals surface area contributed by atoms with Gasteiger partial charge in [0.05, 0.1) is 18.2 Å². The molecule has 0 saturated heterocycles. The lowest BCUT2D eigenvalue weighted by Crippen LogP contribution is -2.23. The summed E-state index contributed by atoms with van der Waals surface area (Å²) < 4.78 is 0. The molecule has 0 amide bonds. The number of rotatable bonds is 5. The Morgan fingerprint density at radius 3 is 2.63 bits per heavy atom. The number of para-hydroxylation sites is 1. The van der Waals surface area contributed by atoms with Crippen LogP contribution in [0.25, 0.3) is 10.9 Å². The van der Waals surface area contributed by atoms with E-state index in [1.165, 1.54) is 11.1 Å². The number of aromatic nitrogens is 1. The molecule has 1 aromatic heterocycles. The van der Waals surface area contributed by atoms with Crippen LogP contribution in [0.5, 0.6) is 0 Å². The predicted molar refractivity (Wildman–Crippen MR) is 112 cm³/mol. The Balaban J connectivity index is 0.00000210. The minimum Gasteiger partial charge on any atom is -0.394 e. The highest BCUT2D eigenvalue weighted by atomic mass is 35.5. The van der Waals surface area contributed by atoms with Crippen LogP contribution in [0.15, 0.2) is 54.6 Å². The lowest BCUT2D eigenvalue weighted by molar-refractivity contribution is 0.105. The van der Waals surface area contributed by atoms with Crippen LogP contribution in [0.2, 0.25) is 0 Å². The molecule has 5 heteroatoms. The number of fused-ring (bicyclic) bond motifs is 2. The van der Waals surface area contributed by atoms with Crippen LogP contribution in [-0.2, 0) is 12.8 Å². The first kappa shape index (κ1) is 19.6. The highest BCUT2D eigenvalue weighted by Gasteiger charge is 2.22. The van der Waals surface area contributed by atoms with Gasteiger partial charge in [-0.2, -0.15) is 0 Å². The lowest BCUT2D eigenvalue weighted by atomic mass is 9.82. The first-order chi connectivity index (χ1) is 12.7. The van der Waals surface area contributed by atoms with Gasteiger partial charge >= 0.3 is 0 Å². The average molecular weight is 385 g/mol. The summed E-state index contributed by atoms with van der Waals surface area (Å²) in [5, 5.41) is 23.1. The van der Waals surface area contributed by atoms with Gasteiger partial charge in [-0.25, -0.2) is 0 Å². The van der Waals surface area contributed by atoms with Crippen LogP contribution in [0.1, 0.15) is 29.2 Å². The molecule has 0 aliphatic heterocycles. The molecule has 0 saturated carbocycles. The number of benzene rings is 2. The quantitative estimate of drug-likeness (QED) is 0.627. The largest absolute Gasteiger partial charge is 0.394 e. The molecule has 4 rings (SSSR count). The van der Waals surface area contributed by atoms with E-state index < -0.39 is 6.10 Å². The van der Waals surface area contributed by atoms with Crippen LogP contribution in [0, 0.1) is 0 Å². The van der Waals surface area contributed by atoms with Crippen molar-refractivity contribution in [3.8, 4) is 0 Å². The second-order valence-corrected chi connectivity index (χ2v) is 7.04. The van der Waals surface area contributed by atoms with E-state index in [0.717, 1.165) is 41.5 Å². The Bertz CT molecular complexity index is 916. The van der Waals surface area contributed by atoms with Crippen LogP contribution in [0.4, 0.5) is 5.69 Å². The first-order valence-corrected chi connectivity index (χ1v) is 9.24. The van der Waals surface area contributed by atoms with E-state index >= 15 is 0 Å². The van der Waals surface area contributed by atoms with Crippen molar-refractivity contribution >= 4 is 29.0 Å². The third-order valence-electron chi connectivity index (χ3n) is 5.24. The maximum atomic E-state index is 9.69. The Morgan fingerprint density at radius 1 is 1.07 bits per heavy atom. The molecular weight excluding hydrogens is 360 g/mol. The monoisotopic (exact) mass is 384 g/mol. The molecule has 3 N–H and O–H groups in total. The average Bonchev–Trinajstić information content (AvgIpc) is 2.71. The van der Waals surface area contributed by atoms with Crippen LogP contribution < -0.4 is 5.32 Å². The third kappa shape index (κ3) is 4.24. The Labute approximate surface area is 165 Å². The third-order valence-corrected chi connectivity index (χ3v) is 5.24. The summed E-state index contributed by atoms with van der Waals surface area (Å²) in [5.41, 5.74) is 5.90. The van der Waals surface area contributed by atoms with Crippen molar-refractivity contribution < 1.29 is 10.2 Å². The molecule has 0 radical (unpaired) electrons. The number of pyridine rings is 1. The molecule has 1 aliphatic rings. The number of anilines is 1. The normalized spacial score (nSPS) is 17.0. The Morgan fingerprint density at radius 2 is 1.81 bits per heavy atom. The van der Waals surface area contributed by atoms with Crippen LogP contribution >= 0.6 is 12.4 Å². The number of aliphatic hydroxyl groups excluding tert-OH is 2. The molecular formula is C22H25ClN2O2. The summed E-state index contributed by atoms with van der Waals surface area (Å²) in [6, 6.07) is 18.8. The number of aryl methyl sites for hydroxylation is 1. The summed E-state index contributed by atoms with van der Waals surface area (Å²) in [5.74, 6) is 0.401. The summed E-state index contributed by atoms with van der Waals surface area (Å²) >= 11 is 0. The zero-order valence-electron chi connectivity index (χ0n) is 15.1. The van der Waals surface area contributed by atoms with Crippen molar-refractivity contribution in [2.45, 2.75) is 31.3 Å². The summed E-state index contributed by atoms with van der Waals surface area (Å²) in [7, 11) is 0. The fourth-order valence-electron chi connectivity index (χ4n) is 3.79. The number of hydrogen-bond donors (Lipinski definition) is 3. The molecule has 1 aliphatic carbocycles. The van der Waals surface area contributed by atoms with Crippen molar-refractivity contribution in [1.82, 2.24) is 4.98 Å². The van der Waals surface area contributed by atoms with Gasteiger partial charge in [-0.15, -0.1) is 12.4 Å². The number of hydrogen-bond acceptors (Lipinski definition) is 4. The minimum absolute atomic E-state index is 0. The van der Waals surface area contributed by atoms with Crippen molar-refractivity contribution in [1.29, 1.82) is 0 Å². The summed E-state index contributed by atoms with van der Waals surface area (Å²) in [6.07, 6.45) is 2.43. The topological polar surface area (TPSA) is 65.4 Å². The smallest absolute Gasteiger partial charge is 0.0942 e. The maximum absolute atomic E-state index is 9.69. The molecule has 2 unspecified atom stereocenters. The van der Waals surface area contributed by atoms with Crippen molar-refractivity contribution in [3.63, 3.8) is 0 Å². The van der Waals surface area contributed by atoms with Crippen molar-refractivity contribution in [3.05, 3.63) is 71.4 Å². The van der Waals surface area contributed by atoms with E-state index in [2.05, 4.69) is 35.6 Å². The molecule has 0 fully saturated rings.